The molecule has 1 aliphatic rings. The summed E-state index contributed by atoms with van der Waals surface area (Å²) in [4.78, 5) is 16.4. The van der Waals surface area contributed by atoms with E-state index in [-0.39, 0.29) is 18.1 Å². The van der Waals surface area contributed by atoms with Gasteiger partial charge in [-0.2, -0.15) is 0 Å². The Kier molecular flexibility index (Phi) is 6.61. The fraction of sp³-hybridized carbons (Fsp3) is 0.429. The van der Waals surface area contributed by atoms with E-state index in [1.807, 2.05) is 49.4 Å². The van der Waals surface area contributed by atoms with E-state index in [4.69, 9.17) is 9.47 Å². The highest BCUT2D eigenvalue weighted by Crippen LogP contribution is 2.21. The van der Waals surface area contributed by atoms with Gasteiger partial charge in [-0.25, -0.2) is 0 Å². The highest BCUT2D eigenvalue weighted by Gasteiger charge is 2.17. The fourth-order valence-corrected chi connectivity index (χ4v) is 3.08. The van der Waals surface area contributed by atoms with Gasteiger partial charge in [-0.1, -0.05) is 18.2 Å². The van der Waals surface area contributed by atoms with Gasteiger partial charge >= 0.3 is 0 Å². The van der Waals surface area contributed by atoms with Gasteiger partial charge in [-0.05, 0) is 56.0 Å². The molecule has 1 N–H and O–H groups in total. The Hall–Kier alpha value is -2.40. The molecule has 0 spiro atoms. The summed E-state index contributed by atoms with van der Waals surface area (Å²) in [5.74, 6) is 0.835. The van der Waals surface area contributed by atoms with E-state index in [0.717, 1.165) is 42.9 Å². The number of rotatable bonds is 8. The summed E-state index contributed by atoms with van der Waals surface area (Å²) < 4.78 is 11.4. The third-order valence-electron chi connectivity index (χ3n) is 4.57. The van der Waals surface area contributed by atoms with Gasteiger partial charge in [-0.3, -0.25) is 9.78 Å². The van der Waals surface area contributed by atoms with Crippen molar-refractivity contribution in [2.45, 2.75) is 51.4 Å². The number of ether oxygens (including phenoxy) is 2. The first kappa shape index (κ1) is 18.4. The van der Waals surface area contributed by atoms with Crippen molar-refractivity contribution in [1.29, 1.82) is 0 Å². The summed E-state index contributed by atoms with van der Waals surface area (Å²) in [5, 5.41) is 3.06. The van der Waals surface area contributed by atoms with Crippen LogP contribution in [0.25, 0.3) is 0 Å². The minimum Gasteiger partial charge on any atom is -0.487 e. The Morgan fingerprint density at radius 1 is 1.35 bits per heavy atom. The maximum atomic E-state index is 12.2. The summed E-state index contributed by atoms with van der Waals surface area (Å²) in [6.07, 6.45) is 5.48. The molecule has 5 nitrogen and oxygen atoms in total. The lowest BCUT2D eigenvalue weighted by Crippen LogP contribution is -2.27. The number of pyridine rings is 1. The van der Waals surface area contributed by atoms with Crippen LogP contribution in [-0.2, 0) is 16.1 Å². The van der Waals surface area contributed by atoms with E-state index in [9.17, 15) is 4.79 Å². The molecular formula is C21H26N2O3. The summed E-state index contributed by atoms with van der Waals surface area (Å²) in [6.45, 7) is 3.24. The van der Waals surface area contributed by atoms with Crippen LogP contribution < -0.4 is 10.1 Å². The molecule has 0 aliphatic carbocycles. The number of nitrogens with zero attached hydrogens (tertiary/aromatic N) is 1. The number of benzene rings is 1. The minimum absolute atomic E-state index is 0.0628. The predicted octanol–water partition coefficient (Wildman–Crippen LogP) is 3.80. The quantitative estimate of drug-likeness (QED) is 0.783. The number of carbonyl (C=O) groups excluding carboxylic acids is 1. The molecule has 1 aromatic heterocycles. The van der Waals surface area contributed by atoms with Gasteiger partial charge in [0.2, 0.25) is 5.91 Å². The molecule has 1 amide bonds. The normalized spacial score (nSPS) is 17.7. The molecule has 1 fully saturated rings. The zero-order chi connectivity index (χ0) is 18.2. The Balaban J connectivity index is 1.48. The van der Waals surface area contributed by atoms with Gasteiger partial charge in [0.25, 0.3) is 0 Å². The number of aromatic nitrogens is 1. The van der Waals surface area contributed by atoms with E-state index < -0.39 is 0 Å². The Morgan fingerprint density at radius 2 is 2.27 bits per heavy atom. The van der Waals surface area contributed by atoms with Crippen molar-refractivity contribution >= 4 is 5.91 Å². The Labute approximate surface area is 154 Å². The largest absolute Gasteiger partial charge is 0.487 e. The van der Waals surface area contributed by atoms with Crippen LogP contribution in [0, 0.1) is 0 Å². The highest BCUT2D eigenvalue weighted by atomic mass is 16.5. The molecule has 5 heteroatoms. The van der Waals surface area contributed by atoms with E-state index in [2.05, 4.69) is 10.3 Å². The maximum absolute atomic E-state index is 12.2. The molecule has 3 rings (SSSR count). The first-order valence-corrected chi connectivity index (χ1v) is 9.24. The topological polar surface area (TPSA) is 60.5 Å². The SMILES string of the molecule is C[C@@H](NC(=O)CC[C@@H]1CCCO1)c1cccc(OCc2ccccn2)c1. The summed E-state index contributed by atoms with van der Waals surface area (Å²) in [6, 6.07) is 13.5. The summed E-state index contributed by atoms with van der Waals surface area (Å²) in [7, 11) is 0. The van der Waals surface area contributed by atoms with Crippen molar-refractivity contribution < 1.29 is 14.3 Å². The molecule has 1 aromatic carbocycles. The maximum Gasteiger partial charge on any atom is 0.220 e. The van der Waals surface area contributed by atoms with Gasteiger partial charge in [0.05, 0.1) is 17.8 Å². The van der Waals surface area contributed by atoms with Gasteiger partial charge in [-0.15, -0.1) is 0 Å². The second kappa shape index (κ2) is 9.34. The number of hydrogen-bond donors (Lipinski definition) is 1. The molecule has 2 aromatic rings. The third-order valence-corrected chi connectivity index (χ3v) is 4.57. The predicted molar refractivity (Wildman–Crippen MR) is 99.8 cm³/mol. The second-order valence-corrected chi connectivity index (χ2v) is 6.65. The van der Waals surface area contributed by atoms with Crippen LogP contribution in [0.2, 0.25) is 0 Å². The standard InChI is InChI=1S/C21H26N2O3/c1-16(23-21(24)11-10-19-9-5-13-25-19)17-6-4-8-20(14-17)26-15-18-7-2-3-12-22-18/h2-4,6-8,12,14,16,19H,5,9-11,13,15H2,1H3,(H,23,24)/t16-,19+/m1/s1. The first-order valence-electron chi connectivity index (χ1n) is 9.24. The lowest BCUT2D eigenvalue weighted by atomic mass is 10.1. The molecule has 138 valence electrons. The molecule has 26 heavy (non-hydrogen) atoms. The van der Waals surface area contributed by atoms with E-state index in [1.165, 1.54) is 0 Å². The number of hydrogen-bond acceptors (Lipinski definition) is 4. The van der Waals surface area contributed by atoms with Gasteiger partial charge in [0, 0.05) is 19.2 Å². The Bertz CT molecular complexity index is 699. The zero-order valence-corrected chi connectivity index (χ0v) is 15.2. The molecule has 0 unspecified atom stereocenters. The average molecular weight is 354 g/mol. The monoisotopic (exact) mass is 354 g/mol. The molecule has 1 saturated heterocycles. The minimum atomic E-state index is -0.0644. The van der Waals surface area contributed by atoms with Crippen molar-refractivity contribution in [3.8, 4) is 5.75 Å². The fourth-order valence-electron chi connectivity index (χ4n) is 3.08. The molecule has 1 aliphatic heterocycles. The van der Waals surface area contributed by atoms with Crippen molar-refractivity contribution in [2.75, 3.05) is 6.61 Å². The average Bonchev–Trinajstić information content (AvgIpc) is 3.19. The van der Waals surface area contributed by atoms with E-state index in [0.29, 0.717) is 13.0 Å². The number of carbonyl (C=O) groups is 1. The molecule has 0 saturated carbocycles. The summed E-state index contributed by atoms with van der Waals surface area (Å²) in [5.41, 5.74) is 1.90. The first-order chi connectivity index (χ1) is 12.7. The van der Waals surface area contributed by atoms with Crippen LogP contribution >= 0.6 is 0 Å². The van der Waals surface area contributed by atoms with Gasteiger partial charge in [0.15, 0.2) is 0 Å². The van der Waals surface area contributed by atoms with Crippen LogP contribution in [0.1, 0.15) is 49.9 Å². The number of amides is 1. The van der Waals surface area contributed by atoms with Crippen molar-refractivity contribution in [2.24, 2.45) is 0 Å². The molecular weight excluding hydrogens is 328 g/mol. The Morgan fingerprint density at radius 3 is 3.04 bits per heavy atom. The highest BCUT2D eigenvalue weighted by molar-refractivity contribution is 5.76. The van der Waals surface area contributed by atoms with Gasteiger partial charge in [0.1, 0.15) is 12.4 Å². The molecule has 2 atom stereocenters. The van der Waals surface area contributed by atoms with Crippen LogP contribution in [0.15, 0.2) is 48.7 Å². The third kappa shape index (κ3) is 5.56. The summed E-state index contributed by atoms with van der Waals surface area (Å²) >= 11 is 0. The van der Waals surface area contributed by atoms with E-state index >= 15 is 0 Å². The second-order valence-electron chi connectivity index (χ2n) is 6.65. The molecule has 0 bridgehead atoms. The van der Waals surface area contributed by atoms with Crippen LogP contribution in [0.4, 0.5) is 0 Å². The smallest absolute Gasteiger partial charge is 0.220 e. The van der Waals surface area contributed by atoms with Crippen LogP contribution in [0.3, 0.4) is 0 Å². The lowest BCUT2D eigenvalue weighted by molar-refractivity contribution is -0.122. The van der Waals surface area contributed by atoms with Gasteiger partial charge < -0.3 is 14.8 Å². The van der Waals surface area contributed by atoms with E-state index in [1.54, 1.807) is 6.20 Å². The van der Waals surface area contributed by atoms with Crippen molar-refractivity contribution in [1.82, 2.24) is 10.3 Å². The van der Waals surface area contributed by atoms with Crippen LogP contribution in [-0.4, -0.2) is 23.6 Å². The van der Waals surface area contributed by atoms with Crippen LogP contribution in [0.5, 0.6) is 5.75 Å². The molecule has 2 heterocycles. The lowest BCUT2D eigenvalue weighted by Gasteiger charge is -2.16. The van der Waals surface area contributed by atoms with Crippen molar-refractivity contribution in [3.63, 3.8) is 0 Å². The zero-order valence-electron chi connectivity index (χ0n) is 15.2. The number of nitrogens with one attached hydrogen (secondary N) is 1. The van der Waals surface area contributed by atoms with Crippen molar-refractivity contribution in [3.05, 3.63) is 59.9 Å². The molecule has 0 radical (unpaired) electrons.